The van der Waals surface area contributed by atoms with E-state index in [1.165, 1.54) is 17.0 Å². The zero-order chi connectivity index (χ0) is 16.3. The standard InChI is InChI=1S/C14H18N4O4/c1-10(11-4-3-5-12(8-11)18(21)22)16(2)9-13(19)17-7-6-15-14(17)20/h3-5,8,10H,6-7,9H2,1-2H3,(H,15,20). The molecule has 0 aromatic heterocycles. The molecule has 8 heteroatoms. The van der Waals surface area contributed by atoms with Crippen LogP contribution in [0.1, 0.15) is 18.5 Å². The van der Waals surface area contributed by atoms with Crippen LogP contribution in [0.25, 0.3) is 0 Å². The van der Waals surface area contributed by atoms with Crippen molar-refractivity contribution in [3.63, 3.8) is 0 Å². The van der Waals surface area contributed by atoms with E-state index < -0.39 is 4.92 Å². The van der Waals surface area contributed by atoms with Crippen molar-refractivity contribution in [1.82, 2.24) is 15.1 Å². The second-order valence-corrected chi connectivity index (χ2v) is 5.22. The minimum atomic E-state index is -0.448. The van der Waals surface area contributed by atoms with Gasteiger partial charge in [-0.3, -0.25) is 24.7 Å². The third-order valence-electron chi connectivity index (χ3n) is 3.77. The maximum Gasteiger partial charge on any atom is 0.324 e. The molecule has 1 heterocycles. The van der Waals surface area contributed by atoms with Crippen LogP contribution in [0.15, 0.2) is 24.3 Å². The number of likely N-dealkylation sites (N-methyl/N-ethyl adjacent to an activating group) is 1. The van der Waals surface area contributed by atoms with Crippen LogP contribution >= 0.6 is 0 Å². The number of benzene rings is 1. The molecule has 118 valence electrons. The number of nitro benzene ring substituents is 1. The van der Waals surface area contributed by atoms with Gasteiger partial charge >= 0.3 is 6.03 Å². The van der Waals surface area contributed by atoms with Gasteiger partial charge in [0, 0.05) is 31.3 Å². The molecule has 1 aromatic rings. The smallest absolute Gasteiger partial charge is 0.324 e. The Morgan fingerprint density at radius 1 is 1.55 bits per heavy atom. The molecule has 1 aliphatic rings. The van der Waals surface area contributed by atoms with Gasteiger partial charge in [0.15, 0.2) is 0 Å². The first kappa shape index (κ1) is 15.9. The van der Waals surface area contributed by atoms with Crippen LogP contribution in [-0.4, -0.2) is 53.3 Å². The van der Waals surface area contributed by atoms with E-state index in [4.69, 9.17) is 0 Å². The quantitative estimate of drug-likeness (QED) is 0.650. The first-order valence-electron chi connectivity index (χ1n) is 6.93. The highest BCUT2D eigenvalue weighted by Crippen LogP contribution is 2.22. The lowest BCUT2D eigenvalue weighted by Crippen LogP contribution is -2.41. The molecule has 1 N–H and O–H groups in total. The van der Waals surface area contributed by atoms with E-state index in [9.17, 15) is 19.7 Å². The Hall–Kier alpha value is -2.48. The molecule has 1 fully saturated rings. The third-order valence-corrected chi connectivity index (χ3v) is 3.77. The van der Waals surface area contributed by atoms with Gasteiger partial charge in [-0.05, 0) is 19.5 Å². The molecule has 0 aliphatic carbocycles. The highest BCUT2D eigenvalue weighted by atomic mass is 16.6. The fraction of sp³-hybridized carbons (Fsp3) is 0.429. The SMILES string of the molecule is CC(c1cccc([N+](=O)[O-])c1)N(C)CC(=O)N1CCNC1=O. The van der Waals surface area contributed by atoms with Crippen molar-refractivity contribution in [2.24, 2.45) is 0 Å². The Kier molecular flexibility index (Phi) is 4.71. The first-order valence-corrected chi connectivity index (χ1v) is 6.93. The van der Waals surface area contributed by atoms with Crippen molar-refractivity contribution in [1.29, 1.82) is 0 Å². The van der Waals surface area contributed by atoms with Crippen LogP contribution in [-0.2, 0) is 4.79 Å². The van der Waals surface area contributed by atoms with Crippen LogP contribution in [0.4, 0.5) is 10.5 Å². The van der Waals surface area contributed by atoms with Gasteiger partial charge < -0.3 is 5.32 Å². The Morgan fingerprint density at radius 3 is 2.86 bits per heavy atom. The lowest BCUT2D eigenvalue weighted by molar-refractivity contribution is -0.384. The van der Waals surface area contributed by atoms with Crippen LogP contribution < -0.4 is 5.32 Å². The molecule has 0 radical (unpaired) electrons. The van der Waals surface area contributed by atoms with Gasteiger partial charge in [-0.15, -0.1) is 0 Å². The zero-order valence-corrected chi connectivity index (χ0v) is 12.5. The Morgan fingerprint density at radius 2 is 2.27 bits per heavy atom. The van der Waals surface area contributed by atoms with Crippen molar-refractivity contribution in [2.45, 2.75) is 13.0 Å². The van der Waals surface area contributed by atoms with Crippen LogP contribution in [0.3, 0.4) is 0 Å². The molecule has 8 nitrogen and oxygen atoms in total. The van der Waals surface area contributed by atoms with Crippen molar-refractivity contribution < 1.29 is 14.5 Å². The van der Waals surface area contributed by atoms with Crippen molar-refractivity contribution in [3.05, 3.63) is 39.9 Å². The molecule has 1 unspecified atom stereocenters. The Labute approximate surface area is 127 Å². The zero-order valence-electron chi connectivity index (χ0n) is 12.5. The molecule has 0 saturated carbocycles. The van der Waals surface area contributed by atoms with E-state index in [0.717, 1.165) is 5.56 Å². The largest absolute Gasteiger partial charge is 0.336 e. The average Bonchev–Trinajstić information content (AvgIpc) is 2.92. The van der Waals surface area contributed by atoms with Gasteiger partial charge in [0.25, 0.3) is 5.69 Å². The predicted octanol–water partition coefficient (Wildman–Crippen LogP) is 1.14. The molecule has 1 aromatic carbocycles. The monoisotopic (exact) mass is 306 g/mol. The summed E-state index contributed by atoms with van der Waals surface area (Å²) in [5.41, 5.74) is 0.762. The van der Waals surface area contributed by atoms with Crippen LogP contribution in [0.5, 0.6) is 0 Å². The molecule has 0 spiro atoms. The maximum absolute atomic E-state index is 12.1. The maximum atomic E-state index is 12.1. The first-order chi connectivity index (χ1) is 10.4. The summed E-state index contributed by atoms with van der Waals surface area (Å²) in [6.07, 6.45) is 0. The lowest BCUT2D eigenvalue weighted by atomic mass is 10.1. The number of rotatable bonds is 5. The van der Waals surface area contributed by atoms with Crippen LogP contribution in [0.2, 0.25) is 0 Å². The number of imide groups is 1. The predicted molar refractivity (Wildman–Crippen MR) is 79.3 cm³/mol. The molecule has 1 aliphatic heterocycles. The molecule has 1 atom stereocenters. The van der Waals surface area contributed by atoms with Gasteiger partial charge in [0.05, 0.1) is 11.5 Å². The van der Waals surface area contributed by atoms with E-state index in [1.54, 1.807) is 24.1 Å². The van der Waals surface area contributed by atoms with E-state index in [0.29, 0.717) is 13.1 Å². The number of carbonyl (C=O) groups excluding carboxylic acids is 2. The highest BCUT2D eigenvalue weighted by Gasteiger charge is 2.27. The lowest BCUT2D eigenvalue weighted by Gasteiger charge is -2.25. The summed E-state index contributed by atoms with van der Waals surface area (Å²) >= 11 is 0. The number of urea groups is 1. The highest BCUT2D eigenvalue weighted by molar-refractivity contribution is 5.96. The number of non-ortho nitro benzene ring substituents is 1. The number of hydrogen-bond donors (Lipinski definition) is 1. The van der Waals surface area contributed by atoms with E-state index in [-0.39, 0.29) is 30.2 Å². The van der Waals surface area contributed by atoms with Gasteiger partial charge in [0.1, 0.15) is 0 Å². The summed E-state index contributed by atoms with van der Waals surface area (Å²) in [5, 5.41) is 13.4. The molecular formula is C14H18N4O4. The third kappa shape index (κ3) is 3.40. The van der Waals surface area contributed by atoms with Gasteiger partial charge in [-0.2, -0.15) is 0 Å². The van der Waals surface area contributed by atoms with E-state index >= 15 is 0 Å². The Balaban J connectivity index is 2.04. The van der Waals surface area contributed by atoms with Gasteiger partial charge in [-0.1, -0.05) is 12.1 Å². The average molecular weight is 306 g/mol. The van der Waals surface area contributed by atoms with Crippen molar-refractivity contribution in [3.8, 4) is 0 Å². The number of nitrogens with one attached hydrogen (secondary N) is 1. The number of nitro groups is 1. The van der Waals surface area contributed by atoms with Gasteiger partial charge in [0.2, 0.25) is 5.91 Å². The summed E-state index contributed by atoms with van der Waals surface area (Å²) in [5.74, 6) is -0.283. The summed E-state index contributed by atoms with van der Waals surface area (Å²) in [4.78, 5) is 36.9. The molecular weight excluding hydrogens is 288 g/mol. The summed E-state index contributed by atoms with van der Waals surface area (Å²) in [7, 11) is 1.75. The minimum absolute atomic E-state index is 0.0167. The topological polar surface area (TPSA) is 95.8 Å². The fourth-order valence-corrected chi connectivity index (χ4v) is 2.30. The normalized spacial score (nSPS) is 15.8. The minimum Gasteiger partial charge on any atom is -0.336 e. The molecule has 0 bridgehead atoms. The fourth-order valence-electron chi connectivity index (χ4n) is 2.30. The van der Waals surface area contributed by atoms with Crippen molar-refractivity contribution >= 4 is 17.6 Å². The number of carbonyl (C=O) groups is 2. The molecule has 2 rings (SSSR count). The molecule has 22 heavy (non-hydrogen) atoms. The summed E-state index contributed by atoms with van der Waals surface area (Å²) in [6, 6.07) is 5.76. The molecule has 1 saturated heterocycles. The van der Waals surface area contributed by atoms with E-state index in [1.807, 2.05) is 6.92 Å². The van der Waals surface area contributed by atoms with Gasteiger partial charge in [-0.25, -0.2) is 4.79 Å². The molecule has 3 amide bonds. The van der Waals surface area contributed by atoms with Crippen molar-refractivity contribution in [2.75, 3.05) is 26.7 Å². The van der Waals surface area contributed by atoms with E-state index in [2.05, 4.69) is 5.32 Å². The second kappa shape index (κ2) is 6.52. The number of amides is 3. The second-order valence-electron chi connectivity index (χ2n) is 5.22. The van der Waals surface area contributed by atoms with Crippen LogP contribution in [0, 0.1) is 10.1 Å². The number of nitrogens with zero attached hydrogens (tertiary/aromatic N) is 3. The summed E-state index contributed by atoms with van der Waals surface area (Å²) < 4.78 is 0. The Bertz CT molecular complexity index is 604. The summed E-state index contributed by atoms with van der Waals surface area (Å²) in [6.45, 7) is 2.76. The number of hydrogen-bond acceptors (Lipinski definition) is 5.